The van der Waals surface area contributed by atoms with Gasteiger partial charge in [-0.3, -0.25) is 5.32 Å². The van der Waals surface area contributed by atoms with Crippen LogP contribution in [0.5, 0.6) is 0 Å². The Morgan fingerprint density at radius 3 is 2.79 bits per heavy atom. The van der Waals surface area contributed by atoms with E-state index in [2.05, 4.69) is 5.32 Å². The van der Waals surface area contributed by atoms with E-state index in [1.54, 1.807) is 13.8 Å². The zero-order valence-electron chi connectivity index (χ0n) is 9.04. The quantitative estimate of drug-likeness (QED) is 0.651. The van der Waals surface area contributed by atoms with Gasteiger partial charge in [0.2, 0.25) is 0 Å². The maximum atomic E-state index is 11.7. The van der Waals surface area contributed by atoms with Gasteiger partial charge in [0.15, 0.2) is 0 Å². The van der Waals surface area contributed by atoms with E-state index >= 15 is 0 Å². The van der Waals surface area contributed by atoms with Gasteiger partial charge in [0.05, 0.1) is 12.7 Å². The van der Waals surface area contributed by atoms with Gasteiger partial charge in [0.25, 0.3) is 0 Å². The maximum Gasteiger partial charge on any atom is 0.329 e. The highest BCUT2D eigenvalue weighted by Crippen LogP contribution is 2.28. The molecule has 82 valence electrons. The molecule has 0 bridgehead atoms. The van der Waals surface area contributed by atoms with Crippen LogP contribution in [0.1, 0.15) is 33.6 Å². The minimum atomic E-state index is -0.880. The Morgan fingerprint density at radius 1 is 1.79 bits per heavy atom. The molecule has 0 aromatic carbocycles. The number of hydrogen-bond donors (Lipinski definition) is 2. The van der Waals surface area contributed by atoms with Crippen molar-refractivity contribution in [2.75, 3.05) is 6.61 Å². The van der Waals surface area contributed by atoms with Crippen LogP contribution in [-0.2, 0) is 9.53 Å². The van der Waals surface area contributed by atoms with Gasteiger partial charge in [-0.1, -0.05) is 0 Å². The van der Waals surface area contributed by atoms with E-state index in [9.17, 15) is 9.90 Å². The third-order valence-corrected chi connectivity index (χ3v) is 2.83. The summed E-state index contributed by atoms with van der Waals surface area (Å²) in [7, 11) is 0. The summed E-state index contributed by atoms with van der Waals surface area (Å²) in [5.74, 6) is -0.334. The van der Waals surface area contributed by atoms with Crippen LogP contribution in [-0.4, -0.2) is 35.4 Å². The van der Waals surface area contributed by atoms with E-state index in [4.69, 9.17) is 4.74 Å². The van der Waals surface area contributed by atoms with Crippen LogP contribution in [0.3, 0.4) is 0 Å². The summed E-state index contributed by atoms with van der Waals surface area (Å²) in [4.78, 5) is 11.7. The molecule has 0 aromatic rings. The number of carbonyl (C=O) groups is 1. The first-order valence-corrected chi connectivity index (χ1v) is 5.16. The first kappa shape index (κ1) is 11.5. The Hall–Kier alpha value is -0.610. The van der Waals surface area contributed by atoms with Crippen molar-refractivity contribution in [2.45, 2.75) is 51.3 Å². The Balaban J connectivity index is 2.78. The highest BCUT2D eigenvalue weighted by atomic mass is 16.5. The van der Waals surface area contributed by atoms with Crippen LogP contribution in [0.4, 0.5) is 0 Å². The molecule has 1 heterocycles. The van der Waals surface area contributed by atoms with Crippen LogP contribution in [0.15, 0.2) is 0 Å². The van der Waals surface area contributed by atoms with Crippen molar-refractivity contribution in [1.29, 1.82) is 0 Å². The number of ether oxygens (including phenoxy) is 1. The zero-order valence-corrected chi connectivity index (χ0v) is 9.04. The number of rotatable bonds is 3. The molecule has 0 amide bonds. The molecule has 0 aliphatic carbocycles. The summed E-state index contributed by atoms with van der Waals surface area (Å²) in [6.45, 7) is 5.75. The zero-order chi connectivity index (χ0) is 10.8. The van der Waals surface area contributed by atoms with Crippen LogP contribution in [0.2, 0.25) is 0 Å². The lowest BCUT2D eigenvalue weighted by Crippen LogP contribution is -2.57. The van der Waals surface area contributed by atoms with Gasteiger partial charge in [-0.25, -0.2) is 4.79 Å². The van der Waals surface area contributed by atoms with Gasteiger partial charge in [-0.15, -0.1) is 0 Å². The normalized spacial score (nSPS) is 34.1. The molecule has 0 radical (unpaired) electrons. The third-order valence-electron chi connectivity index (χ3n) is 2.83. The molecule has 1 saturated heterocycles. The van der Waals surface area contributed by atoms with E-state index in [1.165, 1.54) is 0 Å². The third kappa shape index (κ3) is 1.91. The summed E-state index contributed by atoms with van der Waals surface area (Å²) in [5.41, 5.74) is -0.880. The topological polar surface area (TPSA) is 58.6 Å². The van der Waals surface area contributed by atoms with Gasteiger partial charge >= 0.3 is 5.97 Å². The molecule has 0 saturated carbocycles. The fourth-order valence-corrected chi connectivity index (χ4v) is 1.95. The molecule has 1 fully saturated rings. The largest absolute Gasteiger partial charge is 0.465 e. The second-order valence-electron chi connectivity index (χ2n) is 3.95. The Morgan fingerprint density at radius 2 is 2.43 bits per heavy atom. The smallest absolute Gasteiger partial charge is 0.329 e. The molecule has 0 aromatic heterocycles. The average molecular weight is 201 g/mol. The molecule has 14 heavy (non-hydrogen) atoms. The Labute approximate surface area is 84.6 Å². The van der Waals surface area contributed by atoms with Crippen molar-refractivity contribution in [3.8, 4) is 0 Å². The van der Waals surface area contributed by atoms with Crippen molar-refractivity contribution >= 4 is 5.97 Å². The van der Waals surface area contributed by atoms with Gasteiger partial charge in [0.1, 0.15) is 5.54 Å². The minimum Gasteiger partial charge on any atom is -0.465 e. The summed E-state index contributed by atoms with van der Waals surface area (Å²) >= 11 is 0. The summed E-state index contributed by atoms with van der Waals surface area (Å²) < 4.78 is 4.98. The summed E-state index contributed by atoms with van der Waals surface area (Å²) in [5, 5.41) is 12.8. The Bertz CT molecular complexity index is 217. The monoisotopic (exact) mass is 201 g/mol. The van der Waals surface area contributed by atoms with Crippen LogP contribution in [0, 0.1) is 0 Å². The fraction of sp³-hybridized carbons (Fsp3) is 0.900. The predicted molar refractivity (Wildman–Crippen MR) is 52.9 cm³/mol. The lowest BCUT2D eigenvalue weighted by molar-refractivity contribution is -0.155. The van der Waals surface area contributed by atoms with Gasteiger partial charge in [-0.2, -0.15) is 0 Å². The van der Waals surface area contributed by atoms with Gasteiger partial charge in [0, 0.05) is 6.04 Å². The predicted octanol–water partition coefficient (Wildman–Crippen LogP) is 0.441. The van der Waals surface area contributed by atoms with E-state index in [0.29, 0.717) is 13.0 Å². The van der Waals surface area contributed by atoms with Crippen molar-refractivity contribution in [3.63, 3.8) is 0 Å². The van der Waals surface area contributed by atoms with Crippen LogP contribution >= 0.6 is 0 Å². The van der Waals surface area contributed by atoms with Gasteiger partial charge < -0.3 is 9.84 Å². The lowest BCUT2D eigenvalue weighted by atomic mass is 9.91. The summed E-state index contributed by atoms with van der Waals surface area (Å²) in [6, 6.07) is 0.258. The molecule has 1 aliphatic heterocycles. The minimum absolute atomic E-state index is 0.258. The maximum absolute atomic E-state index is 11.7. The van der Waals surface area contributed by atoms with Crippen molar-refractivity contribution in [1.82, 2.24) is 5.32 Å². The molecular formula is C10H19NO3. The number of nitrogens with one attached hydrogen (secondary N) is 1. The van der Waals surface area contributed by atoms with Crippen LogP contribution in [0.25, 0.3) is 0 Å². The SMILES string of the molecule is CCOC(=O)C1(C(C)O)CCC(C)N1. The molecule has 3 unspecified atom stereocenters. The van der Waals surface area contributed by atoms with Gasteiger partial charge in [-0.05, 0) is 33.6 Å². The van der Waals surface area contributed by atoms with Crippen LogP contribution < -0.4 is 5.32 Å². The van der Waals surface area contributed by atoms with E-state index in [-0.39, 0.29) is 12.0 Å². The average Bonchev–Trinajstić information content (AvgIpc) is 2.49. The number of hydrogen-bond acceptors (Lipinski definition) is 4. The van der Waals surface area contributed by atoms with E-state index < -0.39 is 11.6 Å². The highest BCUT2D eigenvalue weighted by molar-refractivity contribution is 5.82. The first-order chi connectivity index (χ1) is 6.53. The molecule has 4 nitrogen and oxygen atoms in total. The molecule has 3 atom stereocenters. The lowest BCUT2D eigenvalue weighted by Gasteiger charge is -2.30. The molecule has 1 rings (SSSR count). The second-order valence-corrected chi connectivity index (χ2v) is 3.95. The molecule has 1 aliphatic rings. The first-order valence-electron chi connectivity index (χ1n) is 5.16. The number of aliphatic hydroxyl groups is 1. The molecular weight excluding hydrogens is 182 g/mol. The number of aliphatic hydroxyl groups excluding tert-OH is 1. The highest BCUT2D eigenvalue weighted by Gasteiger charge is 2.48. The fourth-order valence-electron chi connectivity index (χ4n) is 1.95. The van der Waals surface area contributed by atoms with Crippen molar-refractivity contribution in [3.05, 3.63) is 0 Å². The van der Waals surface area contributed by atoms with Crippen molar-refractivity contribution < 1.29 is 14.6 Å². The summed E-state index contributed by atoms with van der Waals surface area (Å²) in [6.07, 6.45) is 0.820. The standard InChI is InChI=1S/C10H19NO3/c1-4-14-9(13)10(8(3)12)6-5-7(2)11-10/h7-8,11-12H,4-6H2,1-3H3. The second kappa shape index (κ2) is 4.28. The number of esters is 1. The molecule has 2 N–H and O–H groups in total. The molecule has 4 heteroatoms. The van der Waals surface area contributed by atoms with Crippen molar-refractivity contribution in [2.24, 2.45) is 0 Å². The van der Waals surface area contributed by atoms with E-state index in [0.717, 1.165) is 6.42 Å². The Kier molecular flexibility index (Phi) is 3.50. The van der Waals surface area contributed by atoms with E-state index in [1.807, 2.05) is 6.92 Å². The number of carbonyl (C=O) groups excluding carboxylic acids is 1. The molecule has 0 spiro atoms.